The van der Waals surface area contributed by atoms with Crippen molar-refractivity contribution >= 4 is 11.5 Å². The molecule has 0 spiro atoms. The highest BCUT2D eigenvalue weighted by molar-refractivity contribution is 5.59. The van der Waals surface area contributed by atoms with Gasteiger partial charge in [0.2, 0.25) is 5.89 Å². The van der Waals surface area contributed by atoms with Crippen LogP contribution >= 0.6 is 0 Å². The Bertz CT molecular complexity index is 2130. The summed E-state index contributed by atoms with van der Waals surface area (Å²) in [5.74, 6) is 5.01. The maximum Gasteiger partial charge on any atom is 0.418 e. The molecule has 16 heteroatoms. The van der Waals surface area contributed by atoms with E-state index in [9.17, 15) is 13.2 Å². The highest BCUT2D eigenvalue weighted by Gasteiger charge is 2.47. The number of anilines is 2. The third-order valence-corrected chi connectivity index (χ3v) is 10.3. The van der Waals surface area contributed by atoms with Crippen LogP contribution in [0.4, 0.5) is 29.1 Å². The Morgan fingerprint density at radius 3 is 2.75 bits per heavy atom. The maximum atomic E-state index is 15.7. The first-order chi connectivity index (χ1) is 24.9. The van der Waals surface area contributed by atoms with Gasteiger partial charge in [-0.25, -0.2) is 4.39 Å². The van der Waals surface area contributed by atoms with Gasteiger partial charge in [-0.15, -0.1) is 16.1 Å². The van der Waals surface area contributed by atoms with Crippen LogP contribution in [0.2, 0.25) is 0 Å². The van der Waals surface area contributed by atoms with E-state index in [4.69, 9.17) is 34.7 Å². The second-order valence-corrected chi connectivity index (χ2v) is 13.9. The number of ether oxygens (including phenoxy) is 2. The molecule has 2 fully saturated rings. The molecule has 4 aliphatic heterocycles. The van der Waals surface area contributed by atoms with Gasteiger partial charge in [0.05, 0.1) is 47.4 Å². The van der Waals surface area contributed by atoms with E-state index in [1.807, 2.05) is 10.7 Å². The molecule has 12 nitrogen and oxygen atoms in total. The van der Waals surface area contributed by atoms with E-state index in [0.29, 0.717) is 67.2 Å². The second-order valence-electron chi connectivity index (χ2n) is 13.9. The van der Waals surface area contributed by atoms with E-state index in [2.05, 4.69) is 38.4 Å². The molecule has 2 saturated heterocycles. The van der Waals surface area contributed by atoms with Gasteiger partial charge >= 0.3 is 12.2 Å². The number of alkyl halides is 3. The zero-order valence-electron chi connectivity index (χ0n) is 28.8. The molecule has 7 heterocycles. The molecule has 0 saturated carbocycles. The van der Waals surface area contributed by atoms with Crippen molar-refractivity contribution in [3.8, 4) is 29.4 Å². The number of hydrogen-bond donors (Lipinski definition) is 1. The second kappa shape index (κ2) is 12.9. The minimum Gasteiger partial charge on any atom is -0.461 e. The molecule has 3 aromatic heterocycles. The van der Waals surface area contributed by atoms with Crippen LogP contribution in [0, 0.1) is 24.6 Å². The Morgan fingerprint density at radius 2 is 1.98 bits per heavy atom. The van der Waals surface area contributed by atoms with E-state index in [1.54, 1.807) is 6.92 Å². The van der Waals surface area contributed by atoms with Gasteiger partial charge in [-0.05, 0) is 51.3 Å². The van der Waals surface area contributed by atoms with E-state index in [1.165, 1.54) is 6.92 Å². The van der Waals surface area contributed by atoms with Gasteiger partial charge in [0.15, 0.2) is 5.82 Å². The highest BCUT2D eigenvalue weighted by Crippen LogP contribution is 2.45. The smallest absolute Gasteiger partial charge is 0.418 e. The first-order valence-electron chi connectivity index (χ1n) is 17.2. The summed E-state index contributed by atoms with van der Waals surface area (Å²) in [5.41, 5.74) is 6.49. The number of benzene rings is 1. The molecule has 2 N–H and O–H groups in total. The fourth-order valence-electron chi connectivity index (χ4n) is 8.08. The lowest BCUT2D eigenvalue weighted by atomic mass is 9.91. The molecule has 272 valence electrons. The van der Waals surface area contributed by atoms with Crippen LogP contribution in [0.25, 0.3) is 11.6 Å². The lowest BCUT2D eigenvalue weighted by Crippen LogP contribution is -2.43. The Morgan fingerprint density at radius 1 is 1.13 bits per heavy atom. The summed E-state index contributed by atoms with van der Waals surface area (Å²) in [6, 6.07) is 2.90. The largest absolute Gasteiger partial charge is 0.461 e. The zero-order chi connectivity index (χ0) is 36.4. The van der Waals surface area contributed by atoms with Crippen molar-refractivity contribution in [2.24, 2.45) is 0 Å². The van der Waals surface area contributed by atoms with Crippen molar-refractivity contribution < 1.29 is 31.5 Å². The predicted octanol–water partition coefficient (Wildman–Crippen LogP) is 5.54. The third kappa shape index (κ3) is 6.05. The number of rotatable bonds is 6. The predicted molar refractivity (Wildman–Crippen MR) is 180 cm³/mol. The summed E-state index contributed by atoms with van der Waals surface area (Å²) in [6.07, 6.45) is -2.97. The highest BCUT2D eigenvalue weighted by atomic mass is 19.4. The Balaban J connectivity index is 1.18. The normalized spacial score (nSPS) is 21.7. The van der Waals surface area contributed by atoms with Gasteiger partial charge < -0.3 is 24.5 Å². The van der Waals surface area contributed by atoms with Gasteiger partial charge in [-0.3, -0.25) is 9.58 Å². The number of nitrogens with zero attached hydrogens (tertiary/aromatic N) is 8. The summed E-state index contributed by atoms with van der Waals surface area (Å²) in [6.45, 7) is 10.8. The number of halogens is 4. The summed E-state index contributed by atoms with van der Waals surface area (Å²) in [7, 11) is 0. The molecular formula is C36H37F4N9O3. The van der Waals surface area contributed by atoms with Crippen LogP contribution in [0.1, 0.15) is 78.2 Å². The molecule has 4 aromatic rings. The van der Waals surface area contributed by atoms with Crippen molar-refractivity contribution in [1.82, 2.24) is 34.8 Å². The fourth-order valence-corrected chi connectivity index (χ4v) is 8.08. The molecule has 1 aromatic carbocycles. The Labute approximate surface area is 297 Å². The first kappa shape index (κ1) is 34.1. The minimum absolute atomic E-state index is 0.0922. The van der Waals surface area contributed by atoms with E-state index < -0.39 is 40.5 Å². The monoisotopic (exact) mass is 719 g/mol. The molecule has 0 radical (unpaired) electrons. The molecule has 0 aliphatic carbocycles. The first-order valence-corrected chi connectivity index (χ1v) is 17.2. The Kier molecular flexibility index (Phi) is 8.45. The number of aromatic nitrogens is 6. The lowest BCUT2D eigenvalue weighted by molar-refractivity contribution is -0.140. The SMILES string of the molecule is C=C1CN2CCC[C@]2(COc2nc3c(c(N4CCCn5nc(-c6nnc(C)o6)cc5C4)n2)CO[C@@H](c2c(F)c(N)cc(C#CC)c2C(F)(F)F)C3)C1. The summed E-state index contributed by atoms with van der Waals surface area (Å²) < 4.78 is 79.5. The van der Waals surface area contributed by atoms with Gasteiger partial charge in [-0.2, -0.15) is 28.2 Å². The molecule has 0 bridgehead atoms. The summed E-state index contributed by atoms with van der Waals surface area (Å²) in [5, 5.41) is 12.7. The van der Waals surface area contributed by atoms with Gasteiger partial charge in [0.25, 0.3) is 5.89 Å². The van der Waals surface area contributed by atoms with Crippen LogP contribution in [-0.4, -0.2) is 66.6 Å². The average molecular weight is 720 g/mol. The third-order valence-electron chi connectivity index (χ3n) is 10.3. The topological polar surface area (TPSA) is 133 Å². The maximum absolute atomic E-state index is 15.7. The molecular weight excluding hydrogens is 682 g/mol. The lowest BCUT2D eigenvalue weighted by Gasteiger charge is -2.33. The van der Waals surface area contributed by atoms with E-state index >= 15 is 4.39 Å². The van der Waals surface area contributed by atoms with Crippen LogP contribution in [0.15, 0.2) is 28.7 Å². The molecule has 2 atom stereocenters. The van der Waals surface area contributed by atoms with Gasteiger partial charge in [-0.1, -0.05) is 18.1 Å². The zero-order valence-corrected chi connectivity index (χ0v) is 28.8. The standard InChI is InChI=1S/C36H37F4N9O3/c1-4-7-22-12-25(41)31(37)29(30(22)36(38,39)40)28-14-26-24(18-50-28)32(43-34(42-26)51-19-35-8-5-10-48(35)16-20(2)15-35)47-9-6-11-49-23(17-47)13-27(46-49)33-45-44-21(3)52-33/h12-13,28H,2,5-6,8-11,14-19,41H2,1,3H3/t28-,35-/m1/s1. The van der Waals surface area contributed by atoms with Crippen LogP contribution in [0.5, 0.6) is 6.01 Å². The molecule has 0 unspecified atom stereocenters. The number of aryl methyl sites for hydroxylation is 2. The van der Waals surface area contributed by atoms with Crippen LogP contribution in [0.3, 0.4) is 0 Å². The summed E-state index contributed by atoms with van der Waals surface area (Å²) >= 11 is 0. The van der Waals surface area contributed by atoms with Crippen LogP contribution in [-0.2, 0) is 37.0 Å². The number of fused-ring (bicyclic) bond motifs is 3. The molecule has 52 heavy (non-hydrogen) atoms. The van der Waals surface area contributed by atoms with Crippen molar-refractivity contribution in [2.75, 3.05) is 36.9 Å². The van der Waals surface area contributed by atoms with Crippen LogP contribution < -0.4 is 15.4 Å². The van der Waals surface area contributed by atoms with Crippen molar-refractivity contribution in [3.05, 3.63) is 69.6 Å². The van der Waals surface area contributed by atoms with Gasteiger partial charge in [0.1, 0.15) is 18.1 Å². The minimum atomic E-state index is -4.93. The molecule has 0 amide bonds. The van der Waals surface area contributed by atoms with E-state index in [0.717, 1.165) is 49.7 Å². The van der Waals surface area contributed by atoms with Crippen molar-refractivity contribution in [3.63, 3.8) is 0 Å². The quantitative estimate of drug-likeness (QED) is 0.117. The Hall–Kier alpha value is -5.01. The van der Waals surface area contributed by atoms with E-state index in [-0.39, 0.29) is 24.6 Å². The van der Waals surface area contributed by atoms with Crippen molar-refractivity contribution in [1.29, 1.82) is 0 Å². The molecule has 4 aliphatic rings. The number of nitrogens with two attached hydrogens (primary N) is 1. The van der Waals surface area contributed by atoms with Gasteiger partial charge in [0, 0.05) is 49.7 Å². The molecule has 8 rings (SSSR count). The summed E-state index contributed by atoms with van der Waals surface area (Å²) in [4.78, 5) is 14.1. The van der Waals surface area contributed by atoms with Crippen molar-refractivity contribution in [2.45, 2.75) is 83.5 Å². The number of nitrogen functional groups attached to an aromatic ring is 1. The number of hydrogen-bond acceptors (Lipinski definition) is 11. The fraction of sp³-hybridized carbons (Fsp3) is 0.472. The average Bonchev–Trinajstić information content (AvgIpc) is 3.85.